The molecular formula is C30H35F6N3O5. The fourth-order valence-electron chi connectivity index (χ4n) is 4.91. The number of hydrogen-bond donors (Lipinski definition) is 2. The number of carbonyl (C=O) groups excluding carboxylic acids is 1. The zero-order chi connectivity index (χ0) is 32.7. The molecule has 242 valence electrons. The number of likely N-dealkylation sites (N-methyl/N-ethyl adjacent to an activating group) is 1. The number of ether oxygens (including phenoxy) is 1. The van der Waals surface area contributed by atoms with E-state index in [1.54, 1.807) is 12.1 Å². The first-order valence-electron chi connectivity index (χ1n) is 14.0. The molecule has 0 radical (unpaired) electrons. The number of amides is 2. The molecular weight excluding hydrogens is 596 g/mol. The van der Waals surface area contributed by atoms with Crippen LogP contribution in [0.15, 0.2) is 54.3 Å². The molecule has 1 fully saturated rings. The van der Waals surface area contributed by atoms with Gasteiger partial charge in [-0.25, -0.2) is 4.79 Å². The predicted molar refractivity (Wildman–Crippen MR) is 150 cm³/mol. The molecule has 1 saturated heterocycles. The number of nitrogens with zero attached hydrogens (tertiary/aromatic N) is 3. The fraction of sp³-hybridized carbons (Fsp3) is 0.467. The van der Waals surface area contributed by atoms with Gasteiger partial charge in [-0.1, -0.05) is 44.2 Å². The van der Waals surface area contributed by atoms with E-state index in [4.69, 9.17) is 4.74 Å². The lowest BCUT2D eigenvalue weighted by Crippen LogP contribution is -2.39. The van der Waals surface area contributed by atoms with E-state index in [1.165, 1.54) is 17.0 Å². The molecule has 1 atom stereocenters. The van der Waals surface area contributed by atoms with Crippen LogP contribution in [0.1, 0.15) is 37.8 Å². The van der Waals surface area contributed by atoms with Crippen molar-refractivity contribution in [2.24, 2.45) is 0 Å². The van der Waals surface area contributed by atoms with Crippen molar-refractivity contribution in [2.45, 2.75) is 51.6 Å². The third kappa shape index (κ3) is 9.53. The van der Waals surface area contributed by atoms with Gasteiger partial charge in [0, 0.05) is 37.8 Å². The second kappa shape index (κ2) is 14.7. The molecule has 3 rings (SSSR count). The Hall–Kier alpha value is -3.94. The van der Waals surface area contributed by atoms with E-state index in [-0.39, 0.29) is 31.0 Å². The molecule has 0 aliphatic carbocycles. The van der Waals surface area contributed by atoms with Gasteiger partial charge in [0.15, 0.2) is 6.61 Å². The number of benzene rings is 2. The smallest absolute Gasteiger partial charge is 0.422 e. The van der Waals surface area contributed by atoms with Crippen LogP contribution in [0.25, 0.3) is 11.1 Å². The van der Waals surface area contributed by atoms with E-state index >= 15 is 0 Å². The molecule has 1 aliphatic rings. The largest absolute Gasteiger partial charge is 0.510 e. The number of likely N-dealkylation sites (tertiary alicyclic amines) is 1. The van der Waals surface area contributed by atoms with Gasteiger partial charge in [-0.05, 0) is 49.2 Å². The number of aliphatic hydroxyl groups is 1. The number of rotatable bonds is 12. The van der Waals surface area contributed by atoms with E-state index in [0.29, 0.717) is 36.6 Å². The quantitative estimate of drug-likeness (QED) is 0.157. The van der Waals surface area contributed by atoms with Gasteiger partial charge in [0.2, 0.25) is 5.91 Å². The molecule has 0 bridgehead atoms. The van der Waals surface area contributed by atoms with E-state index in [1.807, 2.05) is 13.8 Å². The lowest BCUT2D eigenvalue weighted by atomic mass is 10.0. The molecule has 44 heavy (non-hydrogen) atoms. The maximum atomic E-state index is 13.3. The summed E-state index contributed by atoms with van der Waals surface area (Å²) in [6.07, 6.45) is -8.80. The molecule has 8 nitrogen and oxygen atoms in total. The molecule has 0 saturated carbocycles. The third-order valence-electron chi connectivity index (χ3n) is 7.34. The highest BCUT2D eigenvalue weighted by Crippen LogP contribution is 2.38. The SMILES string of the molecule is CCN(CC)CCN(Cc1ccc(-c2ccc(C(F)(F)F)cc2OCC(F)(F)F)cc1)C(=O)/C=C(/O)[C@@H]1CCCN1C(=O)O. The van der Waals surface area contributed by atoms with Gasteiger partial charge in [0.25, 0.3) is 0 Å². The average Bonchev–Trinajstić information content (AvgIpc) is 3.46. The molecule has 0 unspecified atom stereocenters. The van der Waals surface area contributed by atoms with Gasteiger partial charge in [-0.2, -0.15) is 26.3 Å². The summed E-state index contributed by atoms with van der Waals surface area (Å²) in [6, 6.07) is 7.68. The Balaban J connectivity index is 1.86. The summed E-state index contributed by atoms with van der Waals surface area (Å²) in [4.78, 5) is 29.4. The summed E-state index contributed by atoms with van der Waals surface area (Å²) in [5, 5.41) is 20.0. The highest BCUT2D eigenvalue weighted by molar-refractivity contribution is 5.88. The van der Waals surface area contributed by atoms with Crippen LogP contribution in [-0.2, 0) is 17.5 Å². The Kier molecular flexibility index (Phi) is 11.5. The minimum atomic E-state index is -4.79. The summed E-state index contributed by atoms with van der Waals surface area (Å²) in [5.41, 5.74) is -0.228. The second-order valence-corrected chi connectivity index (χ2v) is 10.3. The van der Waals surface area contributed by atoms with Crippen molar-refractivity contribution in [3.63, 3.8) is 0 Å². The summed E-state index contributed by atoms with van der Waals surface area (Å²) < 4.78 is 82.8. The van der Waals surface area contributed by atoms with Crippen molar-refractivity contribution in [1.29, 1.82) is 0 Å². The van der Waals surface area contributed by atoms with Crippen molar-refractivity contribution < 1.29 is 50.9 Å². The summed E-state index contributed by atoms with van der Waals surface area (Å²) >= 11 is 0. The van der Waals surface area contributed by atoms with Gasteiger partial charge in [0.05, 0.1) is 11.6 Å². The number of hydrogen-bond acceptors (Lipinski definition) is 5. The Bertz CT molecular complexity index is 1310. The number of alkyl halides is 6. The molecule has 0 aromatic heterocycles. The minimum Gasteiger partial charge on any atom is -0.510 e. The molecule has 1 aliphatic heterocycles. The predicted octanol–water partition coefficient (Wildman–Crippen LogP) is 6.57. The van der Waals surface area contributed by atoms with Crippen LogP contribution in [0.4, 0.5) is 31.1 Å². The van der Waals surface area contributed by atoms with Crippen LogP contribution in [0.3, 0.4) is 0 Å². The highest BCUT2D eigenvalue weighted by Gasteiger charge is 2.34. The average molecular weight is 632 g/mol. The van der Waals surface area contributed by atoms with Crippen LogP contribution in [0.5, 0.6) is 5.75 Å². The molecule has 2 aromatic rings. The van der Waals surface area contributed by atoms with Crippen molar-refractivity contribution >= 4 is 12.0 Å². The van der Waals surface area contributed by atoms with Crippen LogP contribution >= 0.6 is 0 Å². The minimum absolute atomic E-state index is 0.0238. The van der Waals surface area contributed by atoms with Gasteiger partial charge >= 0.3 is 18.4 Å². The Labute approximate surface area is 251 Å². The molecule has 14 heteroatoms. The standard InChI is InChI=1S/C30H35F6N3O5/c1-3-37(4-2)14-15-38(27(41)17-25(40)24-6-5-13-39(24)28(42)43)18-20-7-9-21(10-8-20)23-12-11-22(30(34,35)36)16-26(23)44-19-29(31,32)33/h7-12,16-17,24,40H,3-6,13-15,18-19H2,1-2H3,(H,42,43)/b25-17+/t24-/m0/s1. The fourth-order valence-corrected chi connectivity index (χ4v) is 4.91. The Morgan fingerprint density at radius 2 is 1.66 bits per heavy atom. The first-order valence-corrected chi connectivity index (χ1v) is 14.0. The first-order chi connectivity index (χ1) is 20.6. The Morgan fingerprint density at radius 3 is 2.23 bits per heavy atom. The topological polar surface area (TPSA) is 93.6 Å². The molecule has 1 heterocycles. The van der Waals surface area contributed by atoms with E-state index in [9.17, 15) is 46.1 Å². The van der Waals surface area contributed by atoms with Gasteiger partial charge in [-0.3, -0.25) is 9.69 Å². The van der Waals surface area contributed by atoms with Crippen molar-refractivity contribution in [2.75, 3.05) is 39.3 Å². The Morgan fingerprint density at radius 1 is 1.00 bits per heavy atom. The lowest BCUT2D eigenvalue weighted by Gasteiger charge is -2.27. The number of aliphatic hydroxyl groups excluding tert-OH is 1. The monoisotopic (exact) mass is 631 g/mol. The zero-order valence-electron chi connectivity index (χ0n) is 24.3. The van der Waals surface area contributed by atoms with E-state index in [2.05, 4.69) is 4.90 Å². The third-order valence-corrected chi connectivity index (χ3v) is 7.34. The maximum absolute atomic E-state index is 13.3. The molecule has 2 aromatic carbocycles. The van der Waals surface area contributed by atoms with Crippen molar-refractivity contribution in [1.82, 2.24) is 14.7 Å². The number of carbonyl (C=O) groups is 2. The van der Waals surface area contributed by atoms with Crippen LogP contribution in [0.2, 0.25) is 0 Å². The van der Waals surface area contributed by atoms with Gasteiger partial charge < -0.3 is 24.7 Å². The van der Waals surface area contributed by atoms with Crippen molar-refractivity contribution in [3.8, 4) is 16.9 Å². The van der Waals surface area contributed by atoms with E-state index in [0.717, 1.165) is 36.2 Å². The van der Waals surface area contributed by atoms with Crippen molar-refractivity contribution in [3.05, 3.63) is 65.4 Å². The zero-order valence-corrected chi connectivity index (χ0v) is 24.3. The summed E-state index contributed by atoms with van der Waals surface area (Å²) in [5.74, 6) is -1.47. The summed E-state index contributed by atoms with van der Waals surface area (Å²) in [7, 11) is 0. The highest BCUT2D eigenvalue weighted by atomic mass is 19.4. The summed E-state index contributed by atoms with van der Waals surface area (Å²) in [6.45, 7) is 4.73. The second-order valence-electron chi connectivity index (χ2n) is 10.3. The molecule has 2 N–H and O–H groups in total. The first kappa shape index (κ1) is 34.5. The maximum Gasteiger partial charge on any atom is 0.422 e. The molecule has 2 amide bonds. The van der Waals surface area contributed by atoms with Crippen LogP contribution in [-0.4, -0.2) is 88.5 Å². The van der Waals surface area contributed by atoms with Gasteiger partial charge in [-0.15, -0.1) is 0 Å². The lowest BCUT2D eigenvalue weighted by molar-refractivity contribution is -0.153. The number of carboxylic acid groups (broad SMARTS) is 1. The number of halogens is 6. The normalized spacial score (nSPS) is 16.0. The van der Waals surface area contributed by atoms with E-state index < -0.39 is 48.3 Å². The van der Waals surface area contributed by atoms with Gasteiger partial charge in [0.1, 0.15) is 11.5 Å². The van der Waals surface area contributed by atoms with Crippen LogP contribution in [0, 0.1) is 0 Å². The molecule has 0 spiro atoms. The van der Waals surface area contributed by atoms with Crippen LogP contribution < -0.4 is 4.74 Å².